The molecule has 4 rings (SSSR count). The highest BCUT2D eigenvalue weighted by atomic mass is 35.5. The summed E-state index contributed by atoms with van der Waals surface area (Å²) in [5, 5.41) is 1.80. The van der Waals surface area contributed by atoms with E-state index >= 15 is 0 Å². The van der Waals surface area contributed by atoms with Crippen LogP contribution in [0, 0.1) is 0 Å². The molecule has 0 N–H and O–H groups in total. The molecule has 4 heteroatoms. The van der Waals surface area contributed by atoms with E-state index in [9.17, 15) is 0 Å². The predicted molar refractivity (Wildman–Crippen MR) is 82.2 cm³/mol. The van der Waals surface area contributed by atoms with Crippen molar-refractivity contribution in [3.63, 3.8) is 0 Å². The Balaban J connectivity index is 1.86. The molecular formula is C16H16ClN3. The van der Waals surface area contributed by atoms with Gasteiger partial charge in [-0.05, 0) is 43.9 Å². The summed E-state index contributed by atoms with van der Waals surface area (Å²) in [5.74, 6) is 1.04. The molecule has 3 nitrogen and oxygen atoms in total. The molecule has 2 aliphatic rings. The lowest BCUT2D eigenvalue weighted by Crippen LogP contribution is -2.41. The van der Waals surface area contributed by atoms with Crippen molar-refractivity contribution in [2.24, 2.45) is 0 Å². The van der Waals surface area contributed by atoms with Gasteiger partial charge in [-0.15, -0.1) is 0 Å². The zero-order valence-electron chi connectivity index (χ0n) is 11.2. The average Bonchev–Trinajstić information content (AvgIpc) is 2.70. The van der Waals surface area contributed by atoms with E-state index < -0.39 is 0 Å². The second-order valence-electron chi connectivity index (χ2n) is 5.81. The van der Waals surface area contributed by atoms with Gasteiger partial charge >= 0.3 is 0 Å². The molecule has 1 aromatic heterocycles. The predicted octanol–water partition coefficient (Wildman–Crippen LogP) is 3.97. The second-order valence-corrected chi connectivity index (χ2v) is 6.25. The van der Waals surface area contributed by atoms with Crippen molar-refractivity contribution < 1.29 is 0 Å². The Kier molecular flexibility index (Phi) is 2.71. The highest BCUT2D eigenvalue weighted by Gasteiger charge is 2.39. The molecule has 0 aliphatic carbocycles. The smallest absolute Gasteiger partial charge is 0.140 e. The molecule has 2 bridgehead atoms. The number of benzene rings is 1. The summed E-state index contributed by atoms with van der Waals surface area (Å²) in [6.45, 7) is 4.18. The normalized spacial score (nSPS) is 25.4. The van der Waals surface area contributed by atoms with Crippen LogP contribution >= 0.6 is 11.6 Å². The van der Waals surface area contributed by atoms with Gasteiger partial charge in [0.25, 0.3) is 0 Å². The van der Waals surface area contributed by atoms with Crippen molar-refractivity contribution in [2.75, 3.05) is 4.90 Å². The van der Waals surface area contributed by atoms with Gasteiger partial charge in [-0.3, -0.25) is 0 Å². The number of rotatable bonds is 1. The quantitative estimate of drug-likeness (QED) is 0.743. The minimum atomic E-state index is 0.540. The third-order valence-corrected chi connectivity index (χ3v) is 4.72. The number of fused-ring (bicyclic) bond motifs is 3. The summed E-state index contributed by atoms with van der Waals surface area (Å²) in [5.41, 5.74) is 2.34. The fourth-order valence-electron chi connectivity index (χ4n) is 3.68. The standard InChI is InChI=1S/C16H16ClN3/c1-10-6-12-3-4-13(7-10)20(12)16-14-8-11(17)2-5-15(14)18-9-19-16/h2,5,8-9,12-13H,1,3-4,6-7H2. The summed E-state index contributed by atoms with van der Waals surface area (Å²) in [6, 6.07) is 6.91. The first kappa shape index (κ1) is 12.2. The molecule has 2 aliphatic heterocycles. The summed E-state index contributed by atoms with van der Waals surface area (Å²) >= 11 is 6.15. The van der Waals surface area contributed by atoms with Gasteiger partial charge in [0, 0.05) is 22.5 Å². The van der Waals surface area contributed by atoms with Gasteiger partial charge in [0.1, 0.15) is 12.1 Å². The van der Waals surface area contributed by atoms with Gasteiger partial charge in [0.05, 0.1) is 5.52 Å². The van der Waals surface area contributed by atoms with Crippen molar-refractivity contribution in [1.82, 2.24) is 9.97 Å². The molecule has 2 saturated heterocycles. The molecule has 0 saturated carbocycles. The third kappa shape index (κ3) is 1.80. The summed E-state index contributed by atoms with van der Waals surface area (Å²) in [6.07, 6.45) is 6.30. The summed E-state index contributed by atoms with van der Waals surface area (Å²) in [4.78, 5) is 11.4. The maximum absolute atomic E-state index is 6.15. The van der Waals surface area contributed by atoms with Crippen LogP contribution in [0.1, 0.15) is 25.7 Å². The summed E-state index contributed by atoms with van der Waals surface area (Å²) < 4.78 is 0. The van der Waals surface area contributed by atoms with Crippen LogP contribution in [0.3, 0.4) is 0 Å². The highest BCUT2D eigenvalue weighted by Crippen LogP contribution is 2.42. The lowest BCUT2D eigenvalue weighted by molar-refractivity contribution is 0.547. The fourth-order valence-corrected chi connectivity index (χ4v) is 3.85. The topological polar surface area (TPSA) is 29.0 Å². The van der Waals surface area contributed by atoms with Crippen LogP contribution in [0.15, 0.2) is 36.7 Å². The van der Waals surface area contributed by atoms with Crippen LogP contribution in [-0.2, 0) is 0 Å². The SMILES string of the molecule is C=C1CC2CCC(C1)N2c1ncnc2ccc(Cl)cc12. The first-order chi connectivity index (χ1) is 9.72. The van der Waals surface area contributed by atoms with Gasteiger partial charge in [0.2, 0.25) is 0 Å². The third-order valence-electron chi connectivity index (χ3n) is 4.49. The molecule has 2 unspecified atom stereocenters. The van der Waals surface area contributed by atoms with Crippen LogP contribution in [0.25, 0.3) is 10.9 Å². The molecule has 0 radical (unpaired) electrons. The van der Waals surface area contributed by atoms with Crippen molar-refractivity contribution in [1.29, 1.82) is 0 Å². The Morgan fingerprint density at radius 3 is 2.65 bits per heavy atom. The van der Waals surface area contributed by atoms with Gasteiger partial charge in [0.15, 0.2) is 0 Å². The number of hydrogen-bond donors (Lipinski definition) is 0. The first-order valence-electron chi connectivity index (χ1n) is 7.07. The second kappa shape index (κ2) is 4.45. The van der Waals surface area contributed by atoms with E-state index in [1.165, 1.54) is 18.4 Å². The maximum Gasteiger partial charge on any atom is 0.140 e. The van der Waals surface area contributed by atoms with E-state index in [2.05, 4.69) is 21.4 Å². The van der Waals surface area contributed by atoms with E-state index in [1.54, 1.807) is 6.33 Å². The van der Waals surface area contributed by atoms with Crippen LogP contribution in [0.5, 0.6) is 0 Å². The Bertz CT molecular complexity index is 681. The van der Waals surface area contributed by atoms with Crippen LogP contribution in [0.4, 0.5) is 5.82 Å². The largest absolute Gasteiger partial charge is 0.349 e. The molecule has 0 spiro atoms. The molecule has 20 heavy (non-hydrogen) atoms. The monoisotopic (exact) mass is 285 g/mol. The Hall–Kier alpha value is -1.61. The molecular weight excluding hydrogens is 270 g/mol. The lowest BCUT2D eigenvalue weighted by atomic mass is 9.98. The Morgan fingerprint density at radius 1 is 1.15 bits per heavy atom. The highest BCUT2D eigenvalue weighted by molar-refractivity contribution is 6.31. The average molecular weight is 286 g/mol. The zero-order valence-corrected chi connectivity index (χ0v) is 12.0. The number of piperidine rings is 1. The van der Waals surface area contributed by atoms with E-state index in [1.807, 2.05) is 18.2 Å². The molecule has 2 fully saturated rings. The molecule has 0 amide bonds. The van der Waals surface area contributed by atoms with Gasteiger partial charge in [-0.25, -0.2) is 9.97 Å². The fraction of sp³-hybridized carbons (Fsp3) is 0.375. The summed E-state index contributed by atoms with van der Waals surface area (Å²) in [7, 11) is 0. The number of aromatic nitrogens is 2. The Labute approximate surface area is 123 Å². The van der Waals surface area contributed by atoms with Crippen LogP contribution in [-0.4, -0.2) is 22.1 Å². The van der Waals surface area contributed by atoms with Crippen molar-refractivity contribution in [3.8, 4) is 0 Å². The zero-order chi connectivity index (χ0) is 13.7. The van der Waals surface area contributed by atoms with Gasteiger partial charge < -0.3 is 4.90 Å². The van der Waals surface area contributed by atoms with E-state index in [4.69, 9.17) is 11.6 Å². The van der Waals surface area contributed by atoms with Crippen LogP contribution < -0.4 is 4.90 Å². The molecule has 3 heterocycles. The van der Waals surface area contributed by atoms with Crippen LogP contribution in [0.2, 0.25) is 5.02 Å². The first-order valence-corrected chi connectivity index (χ1v) is 7.45. The number of halogens is 1. The van der Waals surface area contributed by atoms with Crippen molar-refractivity contribution in [2.45, 2.75) is 37.8 Å². The number of anilines is 1. The minimum absolute atomic E-state index is 0.540. The van der Waals surface area contributed by atoms with Crippen molar-refractivity contribution >= 4 is 28.3 Å². The van der Waals surface area contributed by atoms with Gasteiger partial charge in [-0.2, -0.15) is 0 Å². The minimum Gasteiger partial charge on any atom is -0.349 e. The molecule has 2 aromatic rings. The maximum atomic E-state index is 6.15. The number of hydrogen-bond acceptors (Lipinski definition) is 3. The Morgan fingerprint density at radius 2 is 1.90 bits per heavy atom. The van der Waals surface area contributed by atoms with E-state index in [-0.39, 0.29) is 0 Å². The lowest BCUT2D eigenvalue weighted by Gasteiger charge is -2.37. The van der Waals surface area contributed by atoms with Crippen molar-refractivity contribution in [3.05, 3.63) is 41.7 Å². The van der Waals surface area contributed by atoms with Gasteiger partial charge in [-0.1, -0.05) is 23.8 Å². The van der Waals surface area contributed by atoms with E-state index in [0.29, 0.717) is 12.1 Å². The van der Waals surface area contributed by atoms with E-state index in [0.717, 1.165) is 34.6 Å². The molecule has 2 atom stereocenters. The number of nitrogens with zero attached hydrogens (tertiary/aromatic N) is 3. The molecule has 102 valence electrons. The molecule has 1 aromatic carbocycles.